The van der Waals surface area contributed by atoms with E-state index in [0.717, 1.165) is 16.2 Å². The zero-order valence-electron chi connectivity index (χ0n) is 18.4. The van der Waals surface area contributed by atoms with Crippen LogP contribution in [0.25, 0.3) is 0 Å². The number of aliphatic hydroxyl groups is 1. The molecule has 0 unspecified atom stereocenters. The van der Waals surface area contributed by atoms with Gasteiger partial charge in [-0.1, -0.05) is 5.16 Å². The summed E-state index contributed by atoms with van der Waals surface area (Å²) >= 11 is 2.41. The highest BCUT2D eigenvalue weighted by Crippen LogP contribution is 2.40. The predicted octanol–water partition coefficient (Wildman–Crippen LogP) is -3.16. The van der Waals surface area contributed by atoms with Crippen LogP contribution in [0, 0.1) is 0 Å². The second-order valence-corrected chi connectivity index (χ2v) is 9.47. The lowest BCUT2D eigenvalue weighted by molar-refractivity contribution is -0.767. The Balaban J connectivity index is 1.54. The number of anilines is 2. The molecule has 0 aliphatic carbocycles. The number of rotatable bonds is 9. The molecule has 2 atom stereocenters. The van der Waals surface area contributed by atoms with Crippen molar-refractivity contribution in [1.82, 2.24) is 19.9 Å². The number of aromatic nitrogens is 3. The average molecular weight is 523 g/mol. The normalized spacial score (nSPS) is 19.9. The Labute approximate surface area is 206 Å². The van der Waals surface area contributed by atoms with Crippen LogP contribution in [0.3, 0.4) is 0 Å². The zero-order valence-corrected chi connectivity index (χ0v) is 20.0. The number of aliphatic hydroxyl groups excluding tert-OH is 1. The summed E-state index contributed by atoms with van der Waals surface area (Å²) in [6, 6.07) is 0.645. The summed E-state index contributed by atoms with van der Waals surface area (Å²) in [6.07, 6.45) is 1.66. The van der Waals surface area contributed by atoms with E-state index in [4.69, 9.17) is 16.3 Å². The molecule has 0 saturated carbocycles. The minimum atomic E-state index is -1.50. The van der Waals surface area contributed by atoms with Gasteiger partial charge < -0.3 is 36.6 Å². The van der Waals surface area contributed by atoms with Gasteiger partial charge in [0.2, 0.25) is 0 Å². The molecule has 2 aliphatic heterocycles. The number of aliphatic carboxylic acids is 1. The molecule has 1 fully saturated rings. The average Bonchev–Trinajstić information content (AvgIpc) is 3.41. The van der Waals surface area contributed by atoms with E-state index in [9.17, 15) is 24.6 Å². The van der Waals surface area contributed by atoms with Crippen LogP contribution < -0.4 is 26.6 Å². The number of thioether (sulfide) groups is 1. The number of carbonyl (C=O) groups is 3. The lowest BCUT2D eigenvalue weighted by Crippen LogP contribution is -2.71. The first-order valence-corrected chi connectivity index (χ1v) is 12.2. The van der Waals surface area contributed by atoms with Gasteiger partial charge in [0, 0.05) is 16.7 Å². The second kappa shape index (κ2) is 9.93. The number of amides is 2. The summed E-state index contributed by atoms with van der Waals surface area (Å²) in [4.78, 5) is 47.6. The molecule has 6 N–H and O–H groups in total. The molecule has 0 spiro atoms. The first kappa shape index (κ1) is 24.5. The van der Waals surface area contributed by atoms with E-state index in [1.54, 1.807) is 21.6 Å². The van der Waals surface area contributed by atoms with E-state index in [1.165, 1.54) is 24.3 Å². The lowest BCUT2D eigenvalue weighted by atomic mass is 10.0. The maximum atomic E-state index is 12.9. The fourth-order valence-electron chi connectivity index (χ4n) is 3.86. The first-order chi connectivity index (χ1) is 16.8. The Hall–Kier alpha value is -3.63. The molecule has 2 amide bonds. The lowest BCUT2D eigenvalue weighted by Gasteiger charge is -2.50. The Bertz CT molecular complexity index is 1240. The van der Waals surface area contributed by atoms with Crippen molar-refractivity contribution in [3.05, 3.63) is 34.6 Å². The second-order valence-electron chi connectivity index (χ2n) is 7.48. The number of nitrogen functional groups attached to an aromatic ring is 2. The van der Waals surface area contributed by atoms with Gasteiger partial charge in [-0.05, 0) is 0 Å². The number of hydrogen-bond acceptors (Lipinski definition) is 12. The number of β-lactam (4-membered cyclic amide) rings is 1. The van der Waals surface area contributed by atoms with E-state index < -0.39 is 29.2 Å². The molecule has 0 radical (unpaired) electrons. The van der Waals surface area contributed by atoms with Crippen molar-refractivity contribution in [2.75, 3.05) is 30.9 Å². The first-order valence-electron chi connectivity index (χ1n) is 10.2. The number of carbonyl (C=O) groups excluding carboxylic acids is 3. The minimum absolute atomic E-state index is 0.122. The van der Waals surface area contributed by atoms with Crippen molar-refractivity contribution in [2.24, 2.45) is 5.16 Å². The molecule has 0 bridgehead atoms. The highest BCUT2D eigenvalue weighted by atomic mass is 32.2. The third-order valence-corrected chi connectivity index (χ3v) is 7.39. The molecule has 35 heavy (non-hydrogen) atoms. The summed E-state index contributed by atoms with van der Waals surface area (Å²) in [5, 5.41) is 28.7. The van der Waals surface area contributed by atoms with Crippen molar-refractivity contribution < 1.29 is 34.1 Å². The van der Waals surface area contributed by atoms with Gasteiger partial charge >= 0.3 is 0 Å². The fourth-order valence-corrected chi connectivity index (χ4v) is 5.74. The van der Waals surface area contributed by atoms with Crippen LogP contribution in [-0.2, 0) is 32.3 Å². The largest absolute Gasteiger partial charge is 0.543 e. The van der Waals surface area contributed by atoms with E-state index in [0.29, 0.717) is 11.4 Å². The van der Waals surface area contributed by atoms with Crippen LogP contribution in [0.5, 0.6) is 0 Å². The number of fused-ring (bicyclic) bond motifs is 1. The zero-order chi connectivity index (χ0) is 25.3. The van der Waals surface area contributed by atoms with Crippen molar-refractivity contribution in [3.8, 4) is 0 Å². The Morgan fingerprint density at radius 3 is 2.86 bits per heavy atom. The van der Waals surface area contributed by atoms with E-state index in [2.05, 4.69) is 15.5 Å². The van der Waals surface area contributed by atoms with Gasteiger partial charge in [-0.15, -0.1) is 32.5 Å². The maximum Gasteiger partial charge on any atom is 0.276 e. The SMILES string of the molecule is CO/N=C(/C(=O)N[C@@H]1C(=O)N2C(C(=O)[O-])=C(C[n+]3ccc(N)n3CCO)CS[C@@H]12)c1csc(N)n1. The molecule has 2 aliphatic rings. The Morgan fingerprint density at radius 1 is 1.46 bits per heavy atom. The number of nitrogens with two attached hydrogens (primary N) is 2. The molecular weight excluding hydrogens is 500 g/mol. The number of oxime groups is 1. The van der Waals surface area contributed by atoms with Crippen LogP contribution in [0.4, 0.5) is 10.9 Å². The van der Waals surface area contributed by atoms with Gasteiger partial charge in [0.05, 0.1) is 24.3 Å². The highest BCUT2D eigenvalue weighted by Gasteiger charge is 2.53. The minimum Gasteiger partial charge on any atom is -0.543 e. The third kappa shape index (κ3) is 4.54. The molecule has 1 saturated heterocycles. The number of carboxylic acid groups (broad SMARTS) is 1. The van der Waals surface area contributed by atoms with Crippen LogP contribution in [-0.4, -0.2) is 74.1 Å². The molecule has 4 heterocycles. The van der Waals surface area contributed by atoms with Crippen LogP contribution in [0.1, 0.15) is 5.69 Å². The summed E-state index contributed by atoms with van der Waals surface area (Å²) in [7, 11) is 1.26. The van der Waals surface area contributed by atoms with Gasteiger partial charge in [-0.2, -0.15) is 0 Å². The summed E-state index contributed by atoms with van der Waals surface area (Å²) in [6.45, 7) is 0.183. The molecule has 4 rings (SSSR count). The molecule has 16 heteroatoms. The molecule has 2 aromatic heterocycles. The van der Waals surface area contributed by atoms with Gasteiger partial charge in [-0.25, -0.2) is 4.98 Å². The highest BCUT2D eigenvalue weighted by molar-refractivity contribution is 8.00. The van der Waals surface area contributed by atoms with Crippen molar-refractivity contribution in [3.63, 3.8) is 0 Å². The Morgan fingerprint density at radius 2 is 2.23 bits per heavy atom. The fraction of sp³-hybridized carbons (Fsp3) is 0.368. The molecule has 14 nitrogen and oxygen atoms in total. The van der Waals surface area contributed by atoms with Gasteiger partial charge in [0.25, 0.3) is 11.8 Å². The van der Waals surface area contributed by atoms with Crippen LogP contribution in [0.2, 0.25) is 0 Å². The van der Waals surface area contributed by atoms with Crippen molar-refractivity contribution in [1.29, 1.82) is 0 Å². The van der Waals surface area contributed by atoms with Crippen LogP contribution >= 0.6 is 23.1 Å². The van der Waals surface area contributed by atoms with Crippen LogP contribution in [0.15, 0.2) is 34.1 Å². The molecular formula is C19H22N8O6S2. The number of nitrogens with zero attached hydrogens (tertiary/aromatic N) is 5. The van der Waals surface area contributed by atoms with Crippen molar-refractivity contribution in [2.45, 2.75) is 24.5 Å². The van der Waals surface area contributed by atoms with Gasteiger partial charge in [-0.3, -0.25) is 14.5 Å². The predicted molar refractivity (Wildman–Crippen MR) is 123 cm³/mol. The Kier molecular flexibility index (Phi) is 6.95. The quantitative estimate of drug-likeness (QED) is 0.113. The third-order valence-electron chi connectivity index (χ3n) is 5.38. The van der Waals surface area contributed by atoms with Gasteiger partial charge in [0.15, 0.2) is 29.4 Å². The molecule has 2 aromatic rings. The van der Waals surface area contributed by atoms with E-state index in [-0.39, 0.29) is 47.7 Å². The maximum absolute atomic E-state index is 12.9. The summed E-state index contributed by atoms with van der Waals surface area (Å²) in [5.74, 6) is -2.15. The monoisotopic (exact) mass is 522 g/mol. The van der Waals surface area contributed by atoms with E-state index >= 15 is 0 Å². The standard InChI is InChI=1S/C19H22N8O6S2/c1-33-24-12(10-8-35-19(21)22-10)15(29)23-13-16(30)27-14(18(31)32)9(7-34-17(13)27)6-25-3-2-11(20)26(25)4-5-28/h2-3,8,13,17,20,28H,4-7H2,1H3,(H4,21,22,23,29,31,32)/b24-12+/t13-,17+/m1/s1. The topological polar surface area (TPSA) is 205 Å². The van der Waals surface area contributed by atoms with Crippen molar-refractivity contribution >= 4 is 57.5 Å². The van der Waals surface area contributed by atoms with E-state index in [1.807, 2.05) is 0 Å². The number of hydrogen-bond donors (Lipinski definition) is 4. The number of carboxylic acids is 1. The molecule has 186 valence electrons. The number of thiazole rings is 1. The number of nitrogens with one attached hydrogen (secondary N) is 1. The molecule has 0 aromatic carbocycles. The smallest absolute Gasteiger partial charge is 0.276 e. The summed E-state index contributed by atoms with van der Waals surface area (Å²) < 4.78 is 3.25. The summed E-state index contributed by atoms with van der Waals surface area (Å²) in [5.41, 5.74) is 11.8. The van der Waals surface area contributed by atoms with Gasteiger partial charge in [0.1, 0.15) is 30.8 Å².